The van der Waals surface area contributed by atoms with Crippen LogP contribution in [0.2, 0.25) is 0 Å². The highest BCUT2D eigenvalue weighted by molar-refractivity contribution is 4.98. The fourth-order valence-corrected chi connectivity index (χ4v) is 4.36. The lowest BCUT2D eigenvalue weighted by Crippen LogP contribution is -2.60. The van der Waals surface area contributed by atoms with Gasteiger partial charge in [-0.1, -0.05) is 0 Å². The fraction of sp³-hybridized carbons (Fsp3) is 1.00. The van der Waals surface area contributed by atoms with Crippen molar-refractivity contribution in [3.63, 3.8) is 0 Å². The second-order valence-corrected chi connectivity index (χ2v) is 5.85. The van der Waals surface area contributed by atoms with Crippen LogP contribution in [0.1, 0.15) is 25.7 Å². The van der Waals surface area contributed by atoms with E-state index >= 15 is 0 Å². The van der Waals surface area contributed by atoms with Gasteiger partial charge in [-0.15, -0.1) is 0 Å². The fourth-order valence-electron chi connectivity index (χ4n) is 4.36. The minimum atomic E-state index is 0.797. The molecule has 0 saturated carbocycles. The number of hydrogen-bond acceptors (Lipinski definition) is 3. The number of piperidine rings is 4. The van der Waals surface area contributed by atoms with Crippen LogP contribution in [0.5, 0.6) is 0 Å². The van der Waals surface area contributed by atoms with Crippen LogP contribution in [0, 0.1) is 17.8 Å². The van der Waals surface area contributed by atoms with Crippen molar-refractivity contribution in [1.82, 2.24) is 10.2 Å². The van der Waals surface area contributed by atoms with Crippen molar-refractivity contribution in [2.75, 3.05) is 32.7 Å². The molecule has 3 heteroatoms. The van der Waals surface area contributed by atoms with Gasteiger partial charge >= 0.3 is 0 Å². The molecule has 4 aliphatic heterocycles. The van der Waals surface area contributed by atoms with Gasteiger partial charge in [-0.2, -0.15) is 0 Å². The second kappa shape index (κ2) is 4.63. The number of fused-ring (bicyclic) bond motifs is 3. The lowest BCUT2D eigenvalue weighted by Gasteiger charge is -2.54. The van der Waals surface area contributed by atoms with Gasteiger partial charge in [-0.3, -0.25) is 4.90 Å². The summed E-state index contributed by atoms with van der Waals surface area (Å²) in [6, 6.07) is 0.819. The van der Waals surface area contributed by atoms with Crippen molar-refractivity contribution in [2.24, 2.45) is 23.5 Å². The summed E-state index contributed by atoms with van der Waals surface area (Å²) in [6.07, 6.45) is 5.54. The summed E-state index contributed by atoms with van der Waals surface area (Å²) < 4.78 is 0. The molecule has 4 heterocycles. The molecule has 0 spiro atoms. The normalized spacial score (nSPS) is 44.8. The van der Waals surface area contributed by atoms with E-state index in [1.165, 1.54) is 51.9 Å². The predicted molar refractivity (Wildman–Crippen MR) is 66.2 cm³/mol. The Balaban J connectivity index is 1.75. The van der Waals surface area contributed by atoms with Gasteiger partial charge in [-0.05, 0) is 76.2 Å². The van der Waals surface area contributed by atoms with Crippen LogP contribution >= 0.6 is 0 Å². The highest BCUT2D eigenvalue weighted by atomic mass is 15.2. The third kappa shape index (κ3) is 1.79. The van der Waals surface area contributed by atoms with Gasteiger partial charge in [0.15, 0.2) is 0 Å². The standard InChI is InChI=1S/C13H25N3/c14-9-12-10-3-7-16(8-4-10)13(12)11-1-5-15-6-2-11/h10-13,15H,1-9,14H2. The first-order valence-corrected chi connectivity index (χ1v) is 7.05. The van der Waals surface area contributed by atoms with Gasteiger partial charge in [0.2, 0.25) is 0 Å². The quantitative estimate of drug-likeness (QED) is 0.722. The van der Waals surface area contributed by atoms with E-state index in [1.807, 2.05) is 0 Å². The Labute approximate surface area is 98.8 Å². The highest BCUT2D eigenvalue weighted by Gasteiger charge is 2.44. The van der Waals surface area contributed by atoms with E-state index in [-0.39, 0.29) is 0 Å². The van der Waals surface area contributed by atoms with Crippen LogP contribution in [0.4, 0.5) is 0 Å². The lowest BCUT2D eigenvalue weighted by atomic mass is 9.68. The number of nitrogens with one attached hydrogen (secondary N) is 1. The van der Waals surface area contributed by atoms with Gasteiger partial charge < -0.3 is 11.1 Å². The monoisotopic (exact) mass is 223 g/mol. The zero-order chi connectivity index (χ0) is 11.0. The van der Waals surface area contributed by atoms with Crippen molar-refractivity contribution in [3.8, 4) is 0 Å². The maximum absolute atomic E-state index is 6.04. The van der Waals surface area contributed by atoms with Crippen molar-refractivity contribution in [2.45, 2.75) is 31.7 Å². The van der Waals surface area contributed by atoms with Gasteiger partial charge in [0, 0.05) is 6.04 Å². The van der Waals surface area contributed by atoms with Crippen LogP contribution in [0.3, 0.4) is 0 Å². The van der Waals surface area contributed by atoms with Gasteiger partial charge in [0.05, 0.1) is 0 Å². The number of nitrogens with zero attached hydrogens (tertiary/aromatic N) is 1. The Morgan fingerprint density at radius 1 is 1.00 bits per heavy atom. The molecular weight excluding hydrogens is 198 g/mol. The van der Waals surface area contributed by atoms with Crippen molar-refractivity contribution in [1.29, 1.82) is 0 Å². The summed E-state index contributed by atoms with van der Waals surface area (Å²) in [7, 11) is 0. The van der Waals surface area contributed by atoms with Crippen LogP contribution in [-0.2, 0) is 0 Å². The van der Waals surface area contributed by atoms with E-state index in [4.69, 9.17) is 5.73 Å². The number of rotatable bonds is 2. The van der Waals surface area contributed by atoms with Gasteiger partial charge in [0.1, 0.15) is 0 Å². The average molecular weight is 223 g/mol. The summed E-state index contributed by atoms with van der Waals surface area (Å²) in [6.45, 7) is 6.04. The first kappa shape index (κ1) is 11.0. The second-order valence-electron chi connectivity index (χ2n) is 5.85. The maximum Gasteiger partial charge on any atom is 0.0167 e. The van der Waals surface area contributed by atoms with Crippen LogP contribution in [-0.4, -0.2) is 43.7 Å². The summed E-state index contributed by atoms with van der Waals surface area (Å²) in [5.74, 6) is 2.65. The molecule has 2 bridgehead atoms. The highest BCUT2D eigenvalue weighted by Crippen LogP contribution is 2.41. The smallest absolute Gasteiger partial charge is 0.0167 e. The molecule has 16 heavy (non-hydrogen) atoms. The Kier molecular flexibility index (Phi) is 3.18. The molecule has 4 rings (SSSR count). The Bertz CT molecular complexity index is 229. The van der Waals surface area contributed by atoms with Gasteiger partial charge in [-0.25, -0.2) is 0 Å². The molecule has 0 amide bonds. The first-order chi connectivity index (χ1) is 7.90. The van der Waals surface area contributed by atoms with Crippen molar-refractivity contribution < 1.29 is 0 Å². The zero-order valence-corrected chi connectivity index (χ0v) is 10.2. The summed E-state index contributed by atoms with van der Waals surface area (Å²) in [4.78, 5) is 2.76. The van der Waals surface area contributed by atoms with Crippen molar-refractivity contribution in [3.05, 3.63) is 0 Å². The zero-order valence-electron chi connectivity index (χ0n) is 10.2. The third-order valence-electron chi connectivity index (χ3n) is 5.18. The minimum absolute atomic E-state index is 0.797. The van der Waals surface area contributed by atoms with Crippen LogP contribution in [0.15, 0.2) is 0 Å². The minimum Gasteiger partial charge on any atom is -0.330 e. The molecule has 2 atom stereocenters. The average Bonchev–Trinajstić information content (AvgIpc) is 2.40. The maximum atomic E-state index is 6.04. The lowest BCUT2D eigenvalue weighted by molar-refractivity contribution is -0.0407. The molecule has 0 aromatic rings. The SMILES string of the molecule is NCC1C2CCN(CC2)C1C1CCNCC1. The first-order valence-electron chi connectivity index (χ1n) is 7.05. The Morgan fingerprint density at radius 2 is 1.69 bits per heavy atom. The molecule has 4 fully saturated rings. The molecule has 3 N–H and O–H groups in total. The van der Waals surface area contributed by atoms with E-state index in [1.54, 1.807) is 0 Å². The molecule has 4 aliphatic rings. The van der Waals surface area contributed by atoms with E-state index in [0.717, 1.165) is 30.3 Å². The Hall–Kier alpha value is -0.120. The largest absolute Gasteiger partial charge is 0.330 e. The molecule has 92 valence electrons. The number of nitrogens with two attached hydrogens (primary N) is 1. The summed E-state index contributed by atoms with van der Waals surface area (Å²) in [5, 5.41) is 3.48. The molecule has 0 aliphatic carbocycles. The molecule has 0 aromatic heterocycles. The molecular formula is C13H25N3. The number of hydrogen-bond donors (Lipinski definition) is 2. The molecule has 4 saturated heterocycles. The van der Waals surface area contributed by atoms with Crippen LogP contribution in [0.25, 0.3) is 0 Å². The molecule has 0 aromatic carbocycles. The molecule has 3 nitrogen and oxygen atoms in total. The van der Waals surface area contributed by atoms with E-state index in [2.05, 4.69) is 10.2 Å². The van der Waals surface area contributed by atoms with Crippen molar-refractivity contribution >= 4 is 0 Å². The van der Waals surface area contributed by atoms with Crippen LogP contribution < -0.4 is 11.1 Å². The van der Waals surface area contributed by atoms with E-state index < -0.39 is 0 Å². The van der Waals surface area contributed by atoms with Gasteiger partial charge in [0.25, 0.3) is 0 Å². The molecule has 0 radical (unpaired) electrons. The Morgan fingerprint density at radius 3 is 2.31 bits per heavy atom. The third-order valence-corrected chi connectivity index (χ3v) is 5.18. The van der Waals surface area contributed by atoms with E-state index in [0.29, 0.717) is 0 Å². The topological polar surface area (TPSA) is 41.3 Å². The summed E-state index contributed by atoms with van der Waals surface area (Å²) in [5.41, 5.74) is 6.04. The predicted octanol–water partition coefficient (Wildman–Crippen LogP) is 0.655. The molecule has 2 unspecified atom stereocenters. The summed E-state index contributed by atoms with van der Waals surface area (Å²) >= 11 is 0. The van der Waals surface area contributed by atoms with E-state index in [9.17, 15) is 0 Å².